The Bertz CT molecular complexity index is 549. The number of guanidine groups is 1. The summed E-state index contributed by atoms with van der Waals surface area (Å²) in [4.78, 5) is 49.4. The highest BCUT2D eigenvalue weighted by atomic mass is 16.4. The quantitative estimate of drug-likeness (QED) is 0.0928. The molecule has 0 radical (unpaired) electrons. The van der Waals surface area contributed by atoms with Gasteiger partial charge in [0.15, 0.2) is 5.96 Å². The lowest BCUT2D eigenvalue weighted by Crippen LogP contribution is -2.55. The largest absolute Gasteiger partial charge is 0.481 e. The summed E-state index contributed by atoms with van der Waals surface area (Å²) in [5.74, 6) is -4.90. The number of aliphatic imine (C=N–C) groups is 1. The Morgan fingerprint density at radius 2 is 1.58 bits per heavy atom. The lowest BCUT2D eigenvalue weighted by Gasteiger charge is -2.21. The van der Waals surface area contributed by atoms with Gasteiger partial charge in [-0.2, -0.15) is 0 Å². The maximum absolute atomic E-state index is 12.0. The van der Waals surface area contributed by atoms with Gasteiger partial charge in [0.2, 0.25) is 11.8 Å². The highest BCUT2D eigenvalue weighted by molar-refractivity contribution is 5.93. The van der Waals surface area contributed by atoms with E-state index in [4.69, 9.17) is 32.5 Å². The monoisotopic (exact) mass is 376 g/mol. The van der Waals surface area contributed by atoms with Gasteiger partial charge >= 0.3 is 11.9 Å². The molecular weight excluding hydrogens is 352 g/mol. The first kappa shape index (κ1) is 23.1. The minimum atomic E-state index is -1.64. The number of carbonyl (C=O) groups excluding carboxylic acids is 2. The van der Waals surface area contributed by atoms with Crippen LogP contribution in [0.15, 0.2) is 4.99 Å². The lowest BCUT2D eigenvalue weighted by atomic mass is 10.1. The number of hydrogen-bond donors (Lipinski definition) is 8. The number of aliphatic carboxylic acids is 2. The number of aliphatic hydroxyl groups excluding tert-OH is 1. The number of amides is 2. The Morgan fingerprint density at radius 1 is 1.00 bits per heavy atom. The van der Waals surface area contributed by atoms with Crippen molar-refractivity contribution in [3.63, 3.8) is 0 Å². The molecule has 148 valence electrons. The first-order valence-corrected chi connectivity index (χ1v) is 7.55. The van der Waals surface area contributed by atoms with Gasteiger partial charge in [-0.05, 0) is 12.8 Å². The molecule has 3 unspecified atom stereocenters. The summed E-state index contributed by atoms with van der Waals surface area (Å²) in [5.41, 5.74) is 15.9. The van der Waals surface area contributed by atoms with E-state index < -0.39 is 54.9 Å². The topological polar surface area (TPSA) is 243 Å². The van der Waals surface area contributed by atoms with E-state index in [9.17, 15) is 19.2 Å². The van der Waals surface area contributed by atoms with Crippen LogP contribution in [0.2, 0.25) is 0 Å². The van der Waals surface area contributed by atoms with Crippen LogP contribution in [-0.4, -0.2) is 76.3 Å². The molecule has 0 aromatic rings. The van der Waals surface area contributed by atoms with E-state index in [0.717, 1.165) is 0 Å². The lowest BCUT2D eigenvalue weighted by molar-refractivity contribution is -0.144. The van der Waals surface area contributed by atoms with Crippen LogP contribution in [0.5, 0.6) is 0 Å². The SMILES string of the molecule is NC(N)=NCCCC(N)C(=O)NC(CC(=O)O)C(=O)NC(CO)C(=O)O. The van der Waals surface area contributed by atoms with Crippen molar-refractivity contribution in [2.75, 3.05) is 13.2 Å². The number of nitrogens with two attached hydrogens (primary N) is 3. The predicted molar refractivity (Wildman–Crippen MR) is 88.7 cm³/mol. The summed E-state index contributed by atoms with van der Waals surface area (Å²) in [5, 5.41) is 30.6. The second-order valence-corrected chi connectivity index (χ2v) is 5.30. The highest BCUT2D eigenvalue weighted by Gasteiger charge is 2.29. The molecule has 0 saturated carbocycles. The van der Waals surface area contributed by atoms with Crippen LogP contribution in [-0.2, 0) is 19.2 Å². The Kier molecular flexibility index (Phi) is 10.3. The maximum Gasteiger partial charge on any atom is 0.328 e. The van der Waals surface area contributed by atoms with E-state index in [1.54, 1.807) is 0 Å². The van der Waals surface area contributed by atoms with E-state index in [1.807, 2.05) is 5.32 Å². The van der Waals surface area contributed by atoms with Crippen molar-refractivity contribution in [3.05, 3.63) is 0 Å². The molecule has 0 saturated heterocycles. The normalized spacial score (nSPS) is 13.8. The second kappa shape index (κ2) is 11.6. The van der Waals surface area contributed by atoms with Gasteiger partial charge in [0.05, 0.1) is 19.1 Å². The molecule has 2 amide bonds. The zero-order valence-electron chi connectivity index (χ0n) is 13.9. The molecule has 11 N–H and O–H groups in total. The minimum absolute atomic E-state index is 0.113. The molecule has 0 fully saturated rings. The van der Waals surface area contributed by atoms with E-state index in [-0.39, 0.29) is 18.9 Å². The predicted octanol–water partition coefficient (Wildman–Crippen LogP) is -4.11. The Balaban J connectivity index is 4.79. The maximum atomic E-state index is 12.0. The van der Waals surface area contributed by atoms with Gasteiger partial charge in [0.1, 0.15) is 12.1 Å². The summed E-state index contributed by atoms with van der Waals surface area (Å²) in [7, 11) is 0. The number of rotatable bonds is 12. The summed E-state index contributed by atoms with van der Waals surface area (Å²) in [6.45, 7) is -0.668. The van der Waals surface area contributed by atoms with Gasteiger partial charge in [-0.25, -0.2) is 4.79 Å². The highest BCUT2D eigenvalue weighted by Crippen LogP contribution is 2.00. The van der Waals surface area contributed by atoms with Crippen LogP contribution in [0.1, 0.15) is 19.3 Å². The van der Waals surface area contributed by atoms with Gasteiger partial charge in [-0.15, -0.1) is 0 Å². The van der Waals surface area contributed by atoms with Crippen molar-refractivity contribution in [2.24, 2.45) is 22.2 Å². The fraction of sp³-hybridized carbons (Fsp3) is 0.615. The minimum Gasteiger partial charge on any atom is -0.481 e. The fourth-order valence-corrected chi connectivity index (χ4v) is 1.77. The third kappa shape index (κ3) is 9.39. The van der Waals surface area contributed by atoms with Crippen molar-refractivity contribution in [1.29, 1.82) is 0 Å². The molecule has 0 spiro atoms. The van der Waals surface area contributed by atoms with Gasteiger partial charge < -0.3 is 43.2 Å². The first-order chi connectivity index (χ1) is 12.1. The van der Waals surface area contributed by atoms with Gasteiger partial charge in [-0.1, -0.05) is 0 Å². The van der Waals surface area contributed by atoms with Crippen molar-refractivity contribution in [1.82, 2.24) is 10.6 Å². The number of carboxylic acid groups (broad SMARTS) is 2. The Hall–Kier alpha value is -2.93. The standard InChI is InChI=1S/C13H24N6O7/c14-6(2-1-3-17-13(15)16)10(23)18-7(4-9(21)22)11(24)19-8(5-20)12(25)26/h6-8,20H,1-5,14H2,(H,18,23)(H,19,24)(H,21,22)(H,25,26)(H4,15,16,17). The molecule has 13 heteroatoms. The van der Waals surface area contributed by atoms with Crippen molar-refractivity contribution < 1.29 is 34.5 Å². The molecule has 13 nitrogen and oxygen atoms in total. The number of aliphatic hydroxyl groups is 1. The Labute approximate surface area is 148 Å². The molecule has 0 rings (SSSR count). The smallest absolute Gasteiger partial charge is 0.328 e. The van der Waals surface area contributed by atoms with Crippen LogP contribution >= 0.6 is 0 Å². The average Bonchev–Trinajstić information content (AvgIpc) is 2.54. The number of carboxylic acids is 2. The average molecular weight is 376 g/mol. The Morgan fingerprint density at radius 3 is 2.04 bits per heavy atom. The van der Waals surface area contributed by atoms with E-state index >= 15 is 0 Å². The number of nitrogens with one attached hydrogen (secondary N) is 2. The number of nitrogens with zero attached hydrogens (tertiary/aromatic N) is 1. The summed E-state index contributed by atoms with van der Waals surface area (Å²) < 4.78 is 0. The molecule has 0 aromatic carbocycles. The zero-order valence-corrected chi connectivity index (χ0v) is 13.9. The molecule has 0 heterocycles. The van der Waals surface area contributed by atoms with Crippen molar-refractivity contribution in [2.45, 2.75) is 37.4 Å². The van der Waals surface area contributed by atoms with Gasteiger partial charge in [-0.3, -0.25) is 19.4 Å². The van der Waals surface area contributed by atoms with Crippen molar-refractivity contribution >= 4 is 29.7 Å². The van der Waals surface area contributed by atoms with Crippen LogP contribution in [0.4, 0.5) is 0 Å². The van der Waals surface area contributed by atoms with Crippen molar-refractivity contribution in [3.8, 4) is 0 Å². The molecular formula is C13H24N6O7. The van der Waals surface area contributed by atoms with E-state index in [2.05, 4.69) is 10.3 Å². The third-order valence-electron chi connectivity index (χ3n) is 3.11. The van der Waals surface area contributed by atoms with Crippen LogP contribution in [0, 0.1) is 0 Å². The molecule has 0 aliphatic heterocycles. The molecule has 0 bridgehead atoms. The fourth-order valence-electron chi connectivity index (χ4n) is 1.77. The number of carbonyl (C=O) groups is 4. The summed E-state index contributed by atoms with van der Waals surface area (Å²) in [6.07, 6.45) is -0.262. The van der Waals surface area contributed by atoms with E-state index in [0.29, 0.717) is 6.42 Å². The first-order valence-electron chi connectivity index (χ1n) is 7.55. The zero-order chi connectivity index (χ0) is 20.3. The van der Waals surface area contributed by atoms with Gasteiger partial charge in [0.25, 0.3) is 0 Å². The molecule has 26 heavy (non-hydrogen) atoms. The molecule has 0 aliphatic carbocycles. The number of hydrogen-bond acceptors (Lipinski definition) is 7. The summed E-state index contributed by atoms with van der Waals surface area (Å²) >= 11 is 0. The third-order valence-corrected chi connectivity index (χ3v) is 3.11. The molecule has 0 aromatic heterocycles. The molecule has 0 aliphatic rings. The van der Waals surface area contributed by atoms with E-state index in [1.165, 1.54) is 0 Å². The molecule has 3 atom stereocenters. The van der Waals surface area contributed by atoms with Crippen LogP contribution < -0.4 is 27.8 Å². The van der Waals surface area contributed by atoms with Crippen LogP contribution in [0.25, 0.3) is 0 Å². The van der Waals surface area contributed by atoms with Gasteiger partial charge in [0, 0.05) is 6.54 Å². The summed E-state index contributed by atoms with van der Waals surface area (Å²) in [6, 6.07) is -4.25. The van der Waals surface area contributed by atoms with Crippen LogP contribution in [0.3, 0.4) is 0 Å². The second-order valence-electron chi connectivity index (χ2n) is 5.30.